The molecule has 2 rings (SSSR count). The van der Waals surface area contributed by atoms with Gasteiger partial charge >= 0.3 is 5.97 Å². The van der Waals surface area contributed by atoms with Crippen molar-refractivity contribution in [2.75, 3.05) is 12.0 Å². The number of rotatable bonds is 6. The quantitative estimate of drug-likeness (QED) is 0.761. The minimum atomic E-state index is -1.01. The van der Waals surface area contributed by atoms with Crippen LogP contribution in [-0.2, 0) is 4.79 Å². The molecule has 0 unspecified atom stereocenters. The Morgan fingerprint density at radius 2 is 2.20 bits per heavy atom. The lowest BCUT2D eigenvalue weighted by atomic mass is 10.1. The van der Waals surface area contributed by atoms with E-state index in [-0.39, 0.29) is 5.91 Å². The summed E-state index contributed by atoms with van der Waals surface area (Å²) < 4.78 is 0. The number of hydrogen-bond donors (Lipinski definition) is 3. The highest BCUT2D eigenvalue weighted by atomic mass is 32.2. The van der Waals surface area contributed by atoms with Crippen LogP contribution in [0.3, 0.4) is 0 Å². The molecule has 0 saturated heterocycles. The first-order chi connectivity index (χ1) is 9.63. The summed E-state index contributed by atoms with van der Waals surface area (Å²) in [5.41, 5.74) is 1.18. The molecule has 0 spiro atoms. The number of para-hydroxylation sites is 1. The van der Waals surface area contributed by atoms with Crippen LogP contribution in [0.1, 0.15) is 16.8 Å². The number of hydrogen-bond acceptors (Lipinski definition) is 3. The molecule has 3 N–H and O–H groups in total. The van der Waals surface area contributed by atoms with Crippen molar-refractivity contribution in [2.24, 2.45) is 0 Å². The van der Waals surface area contributed by atoms with Gasteiger partial charge in [0.2, 0.25) is 0 Å². The number of thioether (sulfide) groups is 1. The summed E-state index contributed by atoms with van der Waals surface area (Å²) in [6.07, 6.45) is 4.06. The molecule has 1 atom stereocenters. The Morgan fingerprint density at radius 1 is 1.40 bits per heavy atom. The average Bonchev–Trinajstić information content (AvgIpc) is 2.90. The number of H-pyrrole nitrogens is 1. The number of carboxylic acid groups (broad SMARTS) is 1. The molecule has 20 heavy (non-hydrogen) atoms. The van der Waals surface area contributed by atoms with E-state index >= 15 is 0 Å². The molecule has 0 aliphatic rings. The summed E-state index contributed by atoms with van der Waals surface area (Å²) in [6.45, 7) is 0. The van der Waals surface area contributed by atoms with E-state index in [9.17, 15) is 9.59 Å². The van der Waals surface area contributed by atoms with Crippen LogP contribution in [-0.4, -0.2) is 40.0 Å². The highest BCUT2D eigenvalue weighted by molar-refractivity contribution is 7.98. The van der Waals surface area contributed by atoms with Crippen molar-refractivity contribution < 1.29 is 14.7 Å². The second kappa shape index (κ2) is 6.47. The maximum atomic E-state index is 12.2. The molecule has 6 heteroatoms. The summed E-state index contributed by atoms with van der Waals surface area (Å²) in [4.78, 5) is 26.4. The van der Waals surface area contributed by atoms with Gasteiger partial charge in [-0.25, -0.2) is 4.79 Å². The van der Waals surface area contributed by atoms with Crippen LogP contribution < -0.4 is 5.32 Å². The predicted molar refractivity (Wildman–Crippen MR) is 80.2 cm³/mol. The van der Waals surface area contributed by atoms with Crippen LogP contribution in [0.2, 0.25) is 0 Å². The number of benzene rings is 1. The molecule has 0 saturated carbocycles. The summed E-state index contributed by atoms with van der Waals surface area (Å²) in [6, 6.07) is 6.37. The fraction of sp³-hybridized carbons (Fsp3) is 0.286. The van der Waals surface area contributed by atoms with Crippen LogP contribution in [0.5, 0.6) is 0 Å². The Hall–Kier alpha value is -1.95. The minimum Gasteiger partial charge on any atom is -0.480 e. The van der Waals surface area contributed by atoms with Crippen LogP contribution in [0, 0.1) is 0 Å². The molecule has 0 fully saturated rings. The van der Waals surface area contributed by atoms with Gasteiger partial charge in [-0.3, -0.25) is 4.79 Å². The Balaban J connectivity index is 2.18. The largest absolute Gasteiger partial charge is 0.480 e. The summed E-state index contributed by atoms with van der Waals surface area (Å²) in [5, 5.41) is 12.6. The van der Waals surface area contributed by atoms with Crippen LogP contribution in [0.15, 0.2) is 30.5 Å². The molecule has 106 valence electrons. The molecule has 5 nitrogen and oxygen atoms in total. The van der Waals surface area contributed by atoms with Crippen LogP contribution in [0.25, 0.3) is 10.9 Å². The Kier molecular flexibility index (Phi) is 4.68. The second-order valence-electron chi connectivity index (χ2n) is 4.39. The van der Waals surface area contributed by atoms with Gasteiger partial charge in [-0.15, -0.1) is 0 Å². The third-order valence-corrected chi connectivity index (χ3v) is 3.69. The van der Waals surface area contributed by atoms with Gasteiger partial charge in [0.25, 0.3) is 5.91 Å². The van der Waals surface area contributed by atoms with E-state index in [0.717, 1.165) is 10.9 Å². The number of aromatic nitrogens is 1. The van der Waals surface area contributed by atoms with E-state index in [1.54, 1.807) is 30.1 Å². The molecule has 1 heterocycles. The Morgan fingerprint density at radius 3 is 2.90 bits per heavy atom. The molecule has 1 aromatic heterocycles. The van der Waals surface area contributed by atoms with Crippen molar-refractivity contribution in [3.8, 4) is 0 Å². The lowest BCUT2D eigenvalue weighted by molar-refractivity contribution is -0.139. The number of aliphatic carboxylic acids is 1. The van der Waals surface area contributed by atoms with Crippen molar-refractivity contribution in [2.45, 2.75) is 12.5 Å². The molecule has 1 amide bonds. The number of amides is 1. The Labute approximate surface area is 120 Å². The molecule has 0 aliphatic carbocycles. The fourth-order valence-electron chi connectivity index (χ4n) is 2.00. The van der Waals surface area contributed by atoms with E-state index in [1.807, 2.05) is 18.4 Å². The van der Waals surface area contributed by atoms with Crippen molar-refractivity contribution >= 4 is 34.5 Å². The van der Waals surface area contributed by atoms with Crippen molar-refractivity contribution in [3.05, 3.63) is 36.0 Å². The second-order valence-corrected chi connectivity index (χ2v) is 5.38. The standard InChI is InChI=1S/C14H16N2O3S/c1-20-8-6-11(14(18)19)16-13(17)10-4-2-3-9-5-7-15-12(9)10/h2-5,7,11,15H,6,8H2,1H3,(H,16,17)(H,18,19)/t11-/m0/s1. The van der Waals surface area contributed by atoms with E-state index in [2.05, 4.69) is 10.3 Å². The normalized spacial score (nSPS) is 12.2. The molecule has 0 bridgehead atoms. The number of aromatic amines is 1. The first-order valence-corrected chi connectivity index (χ1v) is 7.61. The zero-order chi connectivity index (χ0) is 14.5. The monoisotopic (exact) mass is 292 g/mol. The molecule has 0 radical (unpaired) electrons. The van der Waals surface area contributed by atoms with Gasteiger partial charge in [-0.2, -0.15) is 11.8 Å². The third kappa shape index (κ3) is 3.14. The first-order valence-electron chi connectivity index (χ1n) is 6.22. The van der Waals surface area contributed by atoms with Gasteiger partial charge < -0.3 is 15.4 Å². The molecular weight excluding hydrogens is 276 g/mol. The van der Waals surface area contributed by atoms with E-state index < -0.39 is 12.0 Å². The number of carbonyl (C=O) groups is 2. The smallest absolute Gasteiger partial charge is 0.326 e. The Bertz CT molecular complexity index is 624. The minimum absolute atomic E-state index is 0.369. The molecule has 2 aromatic rings. The first kappa shape index (κ1) is 14.5. The third-order valence-electron chi connectivity index (χ3n) is 3.05. The SMILES string of the molecule is CSCC[C@H](NC(=O)c1cccc2cc[nH]c12)C(=O)O. The van der Waals surface area contributed by atoms with E-state index in [4.69, 9.17) is 5.11 Å². The van der Waals surface area contributed by atoms with E-state index in [1.165, 1.54) is 0 Å². The average molecular weight is 292 g/mol. The number of carbonyl (C=O) groups excluding carboxylic acids is 1. The zero-order valence-corrected chi connectivity index (χ0v) is 11.9. The highest BCUT2D eigenvalue weighted by Gasteiger charge is 2.21. The van der Waals surface area contributed by atoms with Gasteiger partial charge in [0, 0.05) is 11.6 Å². The topological polar surface area (TPSA) is 82.2 Å². The van der Waals surface area contributed by atoms with E-state index in [0.29, 0.717) is 17.7 Å². The van der Waals surface area contributed by atoms with Crippen molar-refractivity contribution in [3.63, 3.8) is 0 Å². The summed E-state index contributed by atoms with van der Waals surface area (Å²) in [7, 11) is 0. The van der Waals surface area contributed by atoms with Crippen LogP contribution in [0.4, 0.5) is 0 Å². The lowest BCUT2D eigenvalue weighted by Crippen LogP contribution is -2.41. The summed E-state index contributed by atoms with van der Waals surface area (Å²) in [5.74, 6) is -0.693. The van der Waals surface area contributed by atoms with Gasteiger partial charge in [0.15, 0.2) is 0 Å². The maximum absolute atomic E-state index is 12.2. The summed E-state index contributed by atoms with van der Waals surface area (Å²) >= 11 is 1.55. The lowest BCUT2D eigenvalue weighted by Gasteiger charge is -2.14. The number of nitrogens with one attached hydrogen (secondary N) is 2. The van der Waals surface area contributed by atoms with Crippen molar-refractivity contribution in [1.29, 1.82) is 0 Å². The molecular formula is C14H16N2O3S. The van der Waals surface area contributed by atoms with Crippen LogP contribution >= 0.6 is 11.8 Å². The predicted octanol–water partition coefficient (Wildman–Crippen LogP) is 2.10. The van der Waals surface area contributed by atoms with Gasteiger partial charge in [-0.05, 0) is 30.6 Å². The molecule has 1 aromatic carbocycles. The van der Waals surface area contributed by atoms with Crippen molar-refractivity contribution in [1.82, 2.24) is 10.3 Å². The number of carboxylic acids is 1. The zero-order valence-electron chi connectivity index (χ0n) is 11.1. The van der Waals surface area contributed by atoms with Gasteiger partial charge in [-0.1, -0.05) is 12.1 Å². The van der Waals surface area contributed by atoms with Gasteiger partial charge in [0.1, 0.15) is 6.04 Å². The molecule has 0 aliphatic heterocycles. The maximum Gasteiger partial charge on any atom is 0.326 e. The fourth-order valence-corrected chi connectivity index (χ4v) is 2.47. The highest BCUT2D eigenvalue weighted by Crippen LogP contribution is 2.17. The number of fused-ring (bicyclic) bond motifs is 1. The van der Waals surface area contributed by atoms with Gasteiger partial charge in [0.05, 0.1) is 11.1 Å².